The number of nitrogens with zero attached hydrogens (tertiary/aromatic N) is 1. The number of para-hydroxylation sites is 1. The number of benzene rings is 1. The van der Waals surface area contributed by atoms with Crippen LogP contribution in [0.2, 0.25) is 0 Å². The van der Waals surface area contributed by atoms with Crippen molar-refractivity contribution in [1.82, 2.24) is 15.5 Å². The number of ether oxygens (including phenoxy) is 1. The van der Waals surface area contributed by atoms with Gasteiger partial charge in [-0.25, -0.2) is 0 Å². The number of hydrogen-bond donors (Lipinski definition) is 2. The molecule has 2 amide bonds. The van der Waals surface area contributed by atoms with Gasteiger partial charge >= 0.3 is 0 Å². The molecule has 2 heterocycles. The van der Waals surface area contributed by atoms with Crippen LogP contribution < -0.4 is 15.4 Å². The van der Waals surface area contributed by atoms with Gasteiger partial charge in [-0.2, -0.15) is 0 Å². The second kappa shape index (κ2) is 8.73. The van der Waals surface area contributed by atoms with Gasteiger partial charge in [0.1, 0.15) is 11.8 Å². The summed E-state index contributed by atoms with van der Waals surface area (Å²) in [6, 6.07) is 6.54. The summed E-state index contributed by atoms with van der Waals surface area (Å²) in [5.74, 6) is 1.36. The summed E-state index contributed by atoms with van der Waals surface area (Å²) >= 11 is 0. The second-order valence-electron chi connectivity index (χ2n) is 7.32. The van der Waals surface area contributed by atoms with Gasteiger partial charge in [0, 0.05) is 26.2 Å². The Balaban J connectivity index is 0.00000243. The van der Waals surface area contributed by atoms with Crippen LogP contribution in [0.5, 0.6) is 5.75 Å². The Kier molecular flexibility index (Phi) is 6.89. The third kappa shape index (κ3) is 4.13. The van der Waals surface area contributed by atoms with Crippen molar-refractivity contribution in [3.63, 3.8) is 0 Å². The maximum atomic E-state index is 13.0. The van der Waals surface area contributed by atoms with Crippen molar-refractivity contribution in [2.24, 2.45) is 17.8 Å². The van der Waals surface area contributed by atoms with Crippen molar-refractivity contribution in [3.8, 4) is 5.75 Å². The van der Waals surface area contributed by atoms with Crippen molar-refractivity contribution in [3.05, 3.63) is 29.8 Å². The fourth-order valence-corrected chi connectivity index (χ4v) is 3.80. The predicted octanol–water partition coefficient (Wildman–Crippen LogP) is 1.55. The molecule has 7 heteroatoms. The summed E-state index contributed by atoms with van der Waals surface area (Å²) in [6.45, 7) is 7.45. The van der Waals surface area contributed by atoms with E-state index >= 15 is 0 Å². The zero-order chi connectivity index (χ0) is 18.0. The summed E-state index contributed by atoms with van der Waals surface area (Å²) < 4.78 is 5.26. The molecular weight excluding hydrogens is 354 g/mol. The molecule has 2 aliphatic heterocycles. The Hall–Kier alpha value is -1.79. The van der Waals surface area contributed by atoms with Crippen LogP contribution in [0.4, 0.5) is 0 Å². The van der Waals surface area contributed by atoms with E-state index in [4.69, 9.17) is 4.74 Å². The van der Waals surface area contributed by atoms with Gasteiger partial charge in [-0.1, -0.05) is 26.0 Å². The highest BCUT2D eigenvalue weighted by atomic mass is 35.5. The lowest BCUT2D eigenvalue weighted by Gasteiger charge is -2.27. The van der Waals surface area contributed by atoms with Gasteiger partial charge in [-0.3, -0.25) is 9.59 Å². The number of carbonyl (C=O) groups excluding carboxylic acids is 2. The number of carbonyl (C=O) groups is 2. The fourth-order valence-electron chi connectivity index (χ4n) is 3.80. The second-order valence-corrected chi connectivity index (χ2v) is 7.32. The van der Waals surface area contributed by atoms with Gasteiger partial charge in [-0.15, -0.1) is 12.4 Å². The summed E-state index contributed by atoms with van der Waals surface area (Å²) in [5.41, 5.74) is 0.450. The molecule has 2 aliphatic rings. The molecule has 2 N–H and O–H groups in total. The molecule has 0 saturated carbocycles. The zero-order valence-electron chi connectivity index (χ0n) is 15.5. The first-order chi connectivity index (χ1) is 12.0. The first-order valence-electron chi connectivity index (χ1n) is 8.94. The molecule has 3 rings (SSSR count). The summed E-state index contributed by atoms with van der Waals surface area (Å²) in [7, 11) is 1.54. The lowest BCUT2D eigenvalue weighted by molar-refractivity contribution is -0.133. The molecule has 6 nitrogen and oxygen atoms in total. The molecule has 26 heavy (non-hydrogen) atoms. The van der Waals surface area contributed by atoms with Crippen molar-refractivity contribution in [2.75, 3.05) is 33.3 Å². The Morgan fingerprint density at radius 3 is 2.38 bits per heavy atom. The average Bonchev–Trinajstić information content (AvgIpc) is 3.20. The molecule has 3 atom stereocenters. The molecule has 1 unspecified atom stereocenters. The average molecular weight is 382 g/mol. The van der Waals surface area contributed by atoms with Crippen LogP contribution >= 0.6 is 12.4 Å². The lowest BCUT2D eigenvalue weighted by Crippen LogP contribution is -2.51. The van der Waals surface area contributed by atoms with Crippen LogP contribution in [0.15, 0.2) is 24.3 Å². The maximum Gasteiger partial charge on any atom is 0.255 e. The Morgan fingerprint density at radius 2 is 1.81 bits per heavy atom. The molecular formula is C19H28ClN3O3. The standard InChI is InChI=1S/C19H27N3O3.ClH/c1-12(2)17(19(24)22-10-13-8-20-9-14(13)11-22)21-18(23)15-6-4-5-7-16(15)25-3;/h4-7,12-14,17,20H,8-11H2,1-3H3,(H,21,23);1H/t13-,14+,17?;. The van der Waals surface area contributed by atoms with Gasteiger partial charge in [0.15, 0.2) is 0 Å². The summed E-state index contributed by atoms with van der Waals surface area (Å²) in [5, 5.41) is 6.30. The van der Waals surface area contributed by atoms with Crippen LogP contribution in [0, 0.1) is 17.8 Å². The Labute approximate surface area is 161 Å². The van der Waals surface area contributed by atoms with Crippen LogP contribution in [-0.2, 0) is 4.79 Å². The molecule has 0 spiro atoms. The van der Waals surface area contributed by atoms with Gasteiger partial charge in [0.2, 0.25) is 5.91 Å². The third-order valence-electron chi connectivity index (χ3n) is 5.27. The number of nitrogens with one attached hydrogen (secondary N) is 2. The molecule has 0 aromatic heterocycles. The highest BCUT2D eigenvalue weighted by Crippen LogP contribution is 2.27. The van der Waals surface area contributed by atoms with Crippen LogP contribution in [0.3, 0.4) is 0 Å². The quantitative estimate of drug-likeness (QED) is 0.811. The highest BCUT2D eigenvalue weighted by Gasteiger charge is 2.40. The van der Waals surface area contributed by atoms with Crippen LogP contribution in [0.25, 0.3) is 0 Å². The van der Waals surface area contributed by atoms with Crippen molar-refractivity contribution in [1.29, 1.82) is 0 Å². The van der Waals surface area contributed by atoms with E-state index in [0.717, 1.165) is 26.2 Å². The monoisotopic (exact) mass is 381 g/mol. The molecule has 1 aromatic rings. The number of rotatable bonds is 5. The molecule has 2 fully saturated rings. The van der Waals surface area contributed by atoms with Gasteiger partial charge in [0.25, 0.3) is 5.91 Å². The number of amides is 2. The molecule has 2 saturated heterocycles. The maximum absolute atomic E-state index is 13.0. The number of likely N-dealkylation sites (tertiary alicyclic amines) is 1. The molecule has 0 bridgehead atoms. The molecule has 0 radical (unpaired) electrons. The topological polar surface area (TPSA) is 70.7 Å². The third-order valence-corrected chi connectivity index (χ3v) is 5.27. The molecule has 0 aliphatic carbocycles. The summed E-state index contributed by atoms with van der Waals surface area (Å²) in [6.07, 6.45) is 0. The van der Waals surface area contributed by atoms with Gasteiger partial charge < -0.3 is 20.3 Å². The number of hydrogen-bond acceptors (Lipinski definition) is 4. The van der Waals surface area contributed by atoms with E-state index in [-0.39, 0.29) is 30.1 Å². The highest BCUT2D eigenvalue weighted by molar-refractivity contribution is 5.99. The first kappa shape index (κ1) is 20.5. The Bertz CT molecular complexity index is 641. The predicted molar refractivity (Wildman–Crippen MR) is 103 cm³/mol. The van der Waals surface area contributed by atoms with Crippen molar-refractivity contribution >= 4 is 24.2 Å². The first-order valence-corrected chi connectivity index (χ1v) is 8.94. The van der Waals surface area contributed by atoms with E-state index < -0.39 is 6.04 Å². The number of methoxy groups -OCH3 is 1. The van der Waals surface area contributed by atoms with Crippen molar-refractivity contribution < 1.29 is 14.3 Å². The van der Waals surface area contributed by atoms with Crippen molar-refractivity contribution in [2.45, 2.75) is 19.9 Å². The van der Waals surface area contributed by atoms with E-state index in [1.807, 2.05) is 24.8 Å². The smallest absolute Gasteiger partial charge is 0.255 e. The van der Waals surface area contributed by atoms with E-state index in [2.05, 4.69) is 10.6 Å². The number of fused-ring (bicyclic) bond motifs is 1. The van der Waals surface area contributed by atoms with Gasteiger partial charge in [0.05, 0.1) is 12.7 Å². The molecule has 1 aromatic carbocycles. The van der Waals surface area contributed by atoms with E-state index in [0.29, 0.717) is 23.1 Å². The minimum atomic E-state index is -0.524. The number of halogens is 1. The zero-order valence-corrected chi connectivity index (χ0v) is 16.3. The van der Waals surface area contributed by atoms with Gasteiger partial charge in [-0.05, 0) is 29.9 Å². The Morgan fingerprint density at radius 1 is 1.19 bits per heavy atom. The summed E-state index contributed by atoms with van der Waals surface area (Å²) in [4.78, 5) is 27.6. The van der Waals surface area contributed by atoms with E-state index in [1.54, 1.807) is 18.2 Å². The lowest BCUT2D eigenvalue weighted by atomic mass is 10.0. The largest absolute Gasteiger partial charge is 0.496 e. The van der Waals surface area contributed by atoms with E-state index in [9.17, 15) is 9.59 Å². The normalized spacial score (nSPS) is 22.5. The fraction of sp³-hybridized carbons (Fsp3) is 0.579. The van der Waals surface area contributed by atoms with Crippen LogP contribution in [0.1, 0.15) is 24.2 Å². The SMILES string of the molecule is COc1ccccc1C(=O)NC(C(=O)N1C[C@H]2CNC[C@H]2C1)C(C)C.Cl. The van der Waals surface area contributed by atoms with Crippen LogP contribution in [-0.4, -0.2) is 56.0 Å². The molecule has 144 valence electrons. The van der Waals surface area contributed by atoms with E-state index in [1.165, 1.54) is 7.11 Å². The minimum absolute atomic E-state index is 0. The minimum Gasteiger partial charge on any atom is -0.496 e.